The van der Waals surface area contributed by atoms with Crippen LogP contribution in [0.15, 0.2) is 54.9 Å². The van der Waals surface area contributed by atoms with Crippen LogP contribution < -0.4 is 4.57 Å². The predicted octanol–water partition coefficient (Wildman–Crippen LogP) is 1.74. The summed E-state index contributed by atoms with van der Waals surface area (Å²) < 4.78 is 6.62. The van der Waals surface area contributed by atoms with E-state index in [1.165, 1.54) is 7.11 Å². The molecule has 0 fully saturated rings. The number of methoxy groups -OCH3 is 1. The fourth-order valence-corrected chi connectivity index (χ4v) is 2.02. The third-order valence-corrected chi connectivity index (χ3v) is 3.12. The number of carbonyl (C=O) groups is 2. The Morgan fingerprint density at radius 2 is 1.85 bits per heavy atom. The molecule has 1 aromatic heterocycles. The zero-order valence-corrected chi connectivity index (χ0v) is 11.2. The molecule has 0 radical (unpaired) electrons. The van der Waals surface area contributed by atoms with Gasteiger partial charge in [-0.2, -0.15) is 4.57 Å². The van der Waals surface area contributed by atoms with Gasteiger partial charge in [0.25, 0.3) is 6.04 Å². The first kappa shape index (κ1) is 13.9. The summed E-state index contributed by atoms with van der Waals surface area (Å²) in [4.78, 5) is 22.6. The van der Waals surface area contributed by atoms with E-state index < -0.39 is 6.04 Å². The van der Waals surface area contributed by atoms with Gasteiger partial charge in [0.15, 0.2) is 18.7 Å². The number of aromatic nitrogens is 1. The molecule has 1 atom stereocenters. The number of nitrogens with zero attached hydrogens (tertiary/aromatic N) is 1. The maximum atomic E-state index is 12.0. The van der Waals surface area contributed by atoms with Crippen molar-refractivity contribution in [2.75, 3.05) is 7.11 Å². The van der Waals surface area contributed by atoms with Gasteiger partial charge in [0, 0.05) is 24.1 Å². The van der Waals surface area contributed by atoms with Crippen LogP contribution in [0.5, 0.6) is 0 Å². The van der Waals surface area contributed by atoms with Crippen molar-refractivity contribution >= 4 is 12.3 Å². The third-order valence-electron chi connectivity index (χ3n) is 3.12. The molecule has 0 aliphatic rings. The van der Waals surface area contributed by atoms with Crippen molar-refractivity contribution in [3.8, 4) is 0 Å². The Labute approximate surface area is 117 Å². The van der Waals surface area contributed by atoms with Crippen LogP contribution >= 0.6 is 0 Å². The summed E-state index contributed by atoms with van der Waals surface area (Å²) in [6, 6.07) is 12.6. The minimum absolute atomic E-state index is 0.308. The van der Waals surface area contributed by atoms with Gasteiger partial charge in [0.2, 0.25) is 0 Å². The number of esters is 1. The molecule has 0 aliphatic carbocycles. The van der Waals surface area contributed by atoms with E-state index in [1.807, 2.05) is 30.3 Å². The molecule has 0 N–H and O–H groups in total. The lowest BCUT2D eigenvalue weighted by atomic mass is 10.1. The van der Waals surface area contributed by atoms with Gasteiger partial charge in [0.1, 0.15) is 0 Å². The molecule has 4 nitrogen and oxygen atoms in total. The summed E-state index contributed by atoms with van der Waals surface area (Å²) in [6.07, 6.45) is 4.75. The van der Waals surface area contributed by atoms with Crippen molar-refractivity contribution in [3.63, 3.8) is 0 Å². The molecule has 0 amide bonds. The van der Waals surface area contributed by atoms with E-state index in [1.54, 1.807) is 29.1 Å². The first-order chi connectivity index (χ1) is 9.74. The number of rotatable bonds is 5. The van der Waals surface area contributed by atoms with Crippen LogP contribution in [-0.2, 0) is 16.0 Å². The molecule has 2 rings (SSSR count). The molecule has 1 aromatic carbocycles. The second kappa shape index (κ2) is 6.61. The van der Waals surface area contributed by atoms with Gasteiger partial charge in [-0.3, -0.25) is 4.79 Å². The smallest absolute Gasteiger partial charge is 0.375 e. The molecule has 0 saturated carbocycles. The minimum Gasteiger partial charge on any atom is -0.464 e. The van der Waals surface area contributed by atoms with E-state index in [0.717, 1.165) is 11.8 Å². The molecule has 0 spiro atoms. The SMILES string of the molecule is COC(=O)C(Cc1ccccc1)[n+]1ccc(C=O)cc1. The van der Waals surface area contributed by atoms with E-state index >= 15 is 0 Å². The number of benzene rings is 1. The summed E-state index contributed by atoms with van der Waals surface area (Å²) in [5, 5.41) is 0. The van der Waals surface area contributed by atoms with Gasteiger partial charge in [-0.15, -0.1) is 0 Å². The molecular formula is C16H16NO3+. The Morgan fingerprint density at radius 1 is 1.20 bits per heavy atom. The van der Waals surface area contributed by atoms with Crippen LogP contribution in [0.3, 0.4) is 0 Å². The summed E-state index contributed by atoms with van der Waals surface area (Å²) in [7, 11) is 1.38. The van der Waals surface area contributed by atoms with Gasteiger partial charge in [-0.25, -0.2) is 4.79 Å². The Balaban J connectivity index is 2.27. The van der Waals surface area contributed by atoms with Crippen molar-refractivity contribution in [3.05, 3.63) is 66.0 Å². The maximum absolute atomic E-state index is 12.0. The van der Waals surface area contributed by atoms with Gasteiger partial charge in [-0.1, -0.05) is 30.3 Å². The number of hydrogen-bond acceptors (Lipinski definition) is 3. The quantitative estimate of drug-likeness (QED) is 0.472. The van der Waals surface area contributed by atoms with E-state index in [-0.39, 0.29) is 5.97 Å². The van der Waals surface area contributed by atoms with Gasteiger partial charge >= 0.3 is 5.97 Å². The van der Waals surface area contributed by atoms with Crippen LogP contribution in [0, 0.1) is 0 Å². The molecule has 20 heavy (non-hydrogen) atoms. The van der Waals surface area contributed by atoms with Crippen molar-refractivity contribution < 1.29 is 18.9 Å². The summed E-state index contributed by atoms with van der Waals surface area (Å²) in [5.41, 5.74) is 1.62. The second-order valence-electron chi connectivity index (χ2n) is 4.43. The lowest BCUT2D eigenvalue weighted by Crippen LogP contribution is -2.45. The normalized spacial score (nSPS) is 11.7. The number of hydrogen-bond donors (Lipinski definition) is 0. The van der Waals surface area contributed by atoms with Gasteiger partial charge in [-0.05, 0) is 5.56 Å². The number of pyridine rings is 1. The lowest BCUT2D eigenvalue weighted by Gasteiger charge is -2.10. The lowest BCUT2D eigenvalue weighted by molar-refractivity contribution is -0.710. The topological polar surface area (TPSA) is 47.2 Å². The van der Waals surface area contributed by atoms with E-state index in [4.69, 9.17) is 4.74 Å². The minimum atomic E-state index is -0.442. The van der Waals surface area contributed by atoms with Gasteiger partial charge < -0.3 is 4.74 Å². The Bertz CT molecular complexity index is 578. The highest BCUT2D eigenvalue weighted by Gasteiger charge is 2.28. The molecular weight excluding hydrogens is 254 g/mol. The molecule has 0 saturated heterocycles. The zero-order chi connectivity index (χ0) is 14.4. The van der Waals surface area contributed by atoms with Crippen LogP contribution in [-0.4, -0.2) is 19.4 Å². The monoisotopic (exact) mass is 270 g/mol. The zero-order valence-electron chi connectivity index (χ0n) is 11.2. The van der Waals surface area contributed by atoms with Crippen molar-refractivity contribution in [1.29, 1.82) is 0 Å². The molecule has 102 valence electrons. The standard InChI is InChI=1S/C16H16NO3/c1-20-16(19)15(11-13-5-3-2-4-6-13)17-9-7-14(12-18)8-10-17/h2-10,12,15H,11H2,1H3/q+1. The number of ether oxygens (including phenoxy) is 1. The van der Waals surface area contributed by atoms with E-state index in [2.05, 4.69) is 0 Å². The van der Waals surface area contributed by atoms with E-state index in [0.29, 0.717) is 12.0 Å². The summed E-state index contributed by atoms with van der Waals surface area (Å²) in [5.74, 6) is -0.308. The number of carbonyl (C=O) groups excluding carboxylic acids is 2. The largest absolute Gasteiger partial charge is 0.464 e. The molecule has 2 aromatic rings. The van der Waals surface area contributed by atoms with Gasteiger partial charge in [0.05, 0.1) is 7.11 Å². The molecule has 0 aliphatic heterocycles. The number of aldehydes is 1. The fraction of sp³-hybridized carbons (Fsp3) is 0.188. The van der Waals surface area contributed by atoms with Crippen LogP contribution in [0.4, 0.5) is 0 Å². The molecule has 4 heteroatoms. The average Bonchev–Trinajstić information content (AvgIpc) is 2.53. The highest BCUT2D eigenvalue weighted by Crippen LogP contribution is 2.10. The van der Waals surface area contributed by atoms with Crippen molar-refractivity contribution in [2.45, 2.75) is 12.5 Å². The van der Waals surface area contributed by atoms with Crippen molar-refractivity contribution in [2.24, 2.45) is 0 Å². The summed E-state index contributed by atoms with van der Waals surface area (Å²) >= 11 is 0. The highest BCUT2D eigenvalue weighted by atomic mass is 16.5. The molecule has 0 bridgehead atoms. The first-order valence-corrected chi connectivity index (χ1v) is 6.32. The van der Waals surface area contributed by atoms with Crippen molar-refractivity contribution in [1.82, 2.24) is 0 Å². The Hall–Kier alpha value is -2.49. The fourth-order valence-electron chi connectivity index (χ4n) is 2.02. The first-order valence-electron chi connectivity index (χ1n) is 6.32. The average molecular weight is 270 g/mol. The Kier molecular flexibility index (Phi) is 4.60. The van der Waals surface area contributed by atoms with Crippen LogP contribution in [0.2, 0.25) is 0 Å². The van der Waals surface area contributed by atoms with E-state index in [9.17, 15) is 9.59 Å². The van der Waals surface area contributed by atoms with Crippen LogP contribution in [0.1, 0.15) is 22.0 Å². The predicted molar refractivity (Wildman–Crippen MR) is 73.2 cm³/mol. The highest BCUT2D eigenvalue weighted by molar-refractivity contribution is 5.74. The Morgan fingerprint density at radius 3 is 2.40 bits per heavy atom. The van der Waals surface area contributed by atoms with Crippen LogP contribution in [0.25, 0.3) is 0 Å². The second-order valence-corrected chi connectivity index (χ2v) is 4.43. The third kappa shape index (κ3) is 3.29. The maximum Gasteiger partial charge on any atom is 0.375 e. The molecule has 1 heterocycles. The summed E-state index contributed by atoms with van der Waals surface area (Å²) in [6.45, 7) is 0. The molecule has 1 unspecified atom stereocenters.